The fourth-order valence-corrected chi connectivity index (χ4v) is 2.94. The third-order valence-electron chi connectivity index (χ3n) is 4.24. The Hall–Kier alpha value is -1.89. The summed E-state index contributed by atoms with van der Waals surface area (Å²) >= 11 is 5.21. The minimum absolute atomic E-state index is 0.0388. The summed E-state index contributed by atoms with van der Waals surface area (Å²) in [5.74, 6) is -0.345. The van der Waals surface area contributed by atoms with Crippen molar-refractivity contribution in [3.05, 3.63) is 30.1 Å². The van der Waals surface area contributed by atoms with Gasteiger partial charge in [0.1, 0.15) is 0 Å². The summed E-state index contributed by atoms with van der Waals surface area (Å²) in [4.78, 5) is 12.0. The van der Waals surface area contributed by atoms with Crippen LogP contribution in [0.15, 0.2) is 24.3 Å². The summed E-state index contributed by atoms with van der Waals surface area (Å²) < 4.78 is 18.8. The highest BCUT2D eigenvalue weighted by Gasteiger charge is 2.22. The molecule has 5 nitrogen and oxygen atoms in total. The van der Waals surface area contributed by atoms with Crippen molar-refractivity contribution in [2.75, 3.05) is 0 Å². The molecule has 3 N–H and O–H groups in total. The Bertz CT molecular complexity index is 585. The molecule has 24 heavy (non-hydrogen) atoms. The zero-order valence-corrected chi connectivity index (χ0v) is 14.8. The zero-order valence-electron chi connectivity index (χ0n) is 14.0. The topological polar surface area (TPSA) is 62.4 Å². The molecule has 1 aliphatic rings. The third kappa shape index (κ3) is 5.33. The Morgan fingerprint density at radius 1 is 1.29 bits per heavy atom. The lowest BCUT2D eigenvalue weighted by Crippen LogP contribution is -2.53. The average molecular weight is 353 g/mol. The predicted octanol–water partition coefficient (Wildman–Crippen LogP) is 2.67. The first-order valence-electron chi connectivity index (χ1n) is 8.25. The maximum atomic E-state index is 13.5. The number of hydrazine groups is 1. The van der Waals surface area contributed by atoms with Gasteiger partial charge < -0.3 is 10.1 Å². The van der Waals surface area contributed by atoms with Crippen LogP contribution in [0.5, 0.6) is 5.75 Å². The number of thiocarbonyl (C=S) groups is 1. The first kappa shape index (κ1) is 18.4. The van der Waals surface area contributed by atoms with Crippen LogP contribution in [0.25, 0.3) is 0 Å². The minimum atomic E-state index is -0.856. The van der Waals surface area contributed by atoms with Gasteiger partial charge in [0.25, 0.3) is 5.91 Å². The molecule has 3 atom stereocenters. The zero-order chi connectivity index (χ0) is 17.5. The molecular formula is C17H24FN3O2S. The van der Waals surface area contributed by atoms with Gasteiger partial charge in [-0.2, -0.15) is 0 Å². The third-order valence-corrected chi connectivity index (χ3v) is 4.46. The van der Waals surface area contributed by atoms with E-state index in [-0.39, 0.29) is 5.75 Å². The molecule has 1 fully saturated rings. The van der Waals surface area contributed by atoms with Gasteiger partial charge in [-0.15, -0.1) is 0 Å². The molecule has 0 heterocycles. The summed E-state index contributed by atoms with van der Waals surface area (Å²) in [5, 5.41) is 3.60. The minimum Gasteiger partial charge on any atom is -0.478 e. The van der Waals surface area contributed by atoms with Gasteiger partial charge in [0.15, 0.2) is 22.8 Å². The molecule has 0 bridgehead atoms. The Kier molecular flexibility index (Phi) is 6.78. The van der Waals surface area contributed by atoms with Gasteiger partial charge in [-0.3, -0.25) is 15.6 Å². The number of hydrogen-bond donors (Lipinski definition) is 3. The maximum Gasteiger partial charge on any atom is 0.279 e. The van der Waals surface area contributed by atoms with Crippen molar-refractivity contribution in [1.29, 1.82) is 0 Å². The smallest absolute Gasteiger partial charge is 0.279 e. The van der Waals surface area contributed by atoms with Crippen molar-refractivity contribution in [1.82, 2.24) is 16.2 Å². The van der Waals surface area contributed by atoms with E-state index in [1.807, 2.05) is 0 Å². The molecule has 1 aromatic carbocycles. The fourth-order valence-electron chi connectivity index (χ4n) is 2.74. The van der Waals surface area contributed by atoms with Crippen LogP contribution >= 0.6 is 12.2 Å². The van der Waals surface area contributed by atoms with Crippen LogP contribution in [0.1, 0.15) is 39.5 Å². The molecule has 0 aliphatic heterocycles. The average Bonchev–Trinajstić information content (AvgIpc) is 2.56. The Balaban J connectivity index is 1.75. The number of hydrogen-bond acceptors (Lipinski definition) is 3. The quantitative estimate of drug-likeness (QED) is 0.574. The molecule has 7 heteroatoms. The second kappa shape index (κ2) is 8.82. The molecule has 0 radical (unpaired) electrons. The fraction of sp³-hybridized carbons (Fsp3) is 0.529. The molecule has 0 spiro atoms. The largest absolute Gasteiger partial charge is 0.478 e. The molecule has 1 amide bonds. The van der Waals surface area contributed by atoms with Crippen molar-refractivity contribution in [2.45, 2.75) is 51.7 Å². The standard InChI is InChI=1S/C17H24FN3O2S/c1-11-7-3-5-9-14(11)19-17(24)21-20-16(22)12(2)23-15-10-6-4-8-13(15)18/h4,6,8,10-12,14H,3,5,7,9H2,1-2H3,(H,20,22)(H2,19,21,24)/t11-,12+,14-/m0/s1. The number of carbonyl (C=O) groups is 1. The van der Waals surface area contributed by atoms with E-state index >= 15 is 0 Å². The molecule has 132 valence electrons. The summed E-state index contributed by atoms with van der Waals surface area (Å²) in [6.45, 7) is 3.74. The highest BCUT2D eigenvalue weighted by molar-refractivity contribution is 7.80. The van der Waals surface area contributed by atoms with E-state index in [0.29, 0.717) is 17.1 Å². The van der Waals surface area contributed by atoms with E-state index in [0.717, 1.165) is 6.42 Å². The Morgan fingerprint density at radius 3 is 2.71 bits per heavy atom. The molecule has 1 saturated carbocycles. The first-order chi connectivity index (χ1) is 11.5. The monoisotopic (exact) mass is 353 g/mol. The molecule has 0 unspecified atom stereocenters. The lowest BCUT2D eigenvalue weighted by atomic mass is 9.86. The lowest BCUT2D eigenvalue weighted by Gasteiger charge is -2.30. The van der Waals surface area contributed by atoms with E-state index in [4.69, 9.17) is 17.0 Å². The summed E-state index contributed by atoms with van der Waals surface area (Å²) in [5.41, 5.74) is 5.16. The highest BCUT2D eigenvalue weighted by atomic mass is 32.1. The second-order valence-electron chi connectivity index (χ2n) is 6.15. The van der Waals surface area contributed by atoms with Crippen molar-refractivity contribution >= 4 is 23.2 Å². The van der Waals surface area contributed by atoms with E-state index in [1.54, 1.807) is 19.1 Å². The summed E-state index contributed by atoms with van der Waals surface area (Å²) in [6, 6.07) is 6.28. The number of para-hydroxylation sites is 1. The number of halogens is 1. The Morgan fingerprint density at radius 2 is 2.00 bits per heavy atom. The van der Waals surface area contributed by atoms with Crippen molar-refractivity contribution in [3.63, 3.8) is 0 Å². The lowest BCUT2D eigenvalue weighted by molar-refractivity contribution is -0.127. The molecule has 1 aromatic rings. The SMILES string of the molecule is C[C@@H](Oc1ccccc1F)C(=O)NNC(=S)N[C@H]1CCCC[C@@H]1C. The number of rotatable bonds is 4. The van der Waals surface area contributed by atoms with E-state index in [1.165, 1.54) is 31.4 Å². The predicted molar refractivity (Wildman–Crippen MR) is 94.9 cm³/mol. The molecular weight excluding hydrogens is 329 g/mol. The first-order valence-corrected chi connectivity index (χ1v) is 8.65. The number of amides is 1. The molecule has 0 saturated heterocycles. The van der Waals surface area contributed by atoms with E-state index in [9.17, 15) is 9.18 Å². The van der Waals surface area contributed by atoms with Crippen LogP contribution in [-0.2, 0) is 4.79 Å². The van der Waals surface area contributed by atoms with Gasteiger partial charge in [0.2, 0.25) is 0 Å². The van der Waals surface area contributed by atoms with Gasteiger partial charge in [-0.25, -0.2) is 4.39 Å². The Labute approximate surface area is 147 Å². The van der Waals surface area contributed by atoms with Gasteiger partial charge in [0.05, 0.1) is 0 Å². The summed E-state index contributed by atoms with van der Waals surface area (Å²) in [7, 11) is 0. The number of ether oxygens (including phenoxy) is 1. The van der Waals surface area contributed by atoms with Crippen LogP contribution in [-0.4, -0.2) is 23.2 Å². The maximum absolute atomic E-state index is 13.5. The summed E-state index contributed by atoms with van der Waals surface area (Å²) in [6.07, 6.45) is 3.83. The van der Waals surface area contributed by atoms with Crippen LogP contribution in [0.3, 0.4) is 0 Å². The van der Waals surface area contributed by atoms with Crippen molar-refractivity contribution in [2.24, 2.45) is 5.92 Å². The van der Waals surface area contributed by atoms with Crippen molar-refractivity contribution < 1.29 is 13.9 Å². The molecule has 1 aliphatic carbocycles. The van der Waals surface area contributed by atoms with Crippen LogP contribution in [0.4, 0.5) is 4.39 Å². The van der Waals surface area contributed by atoms with Crippen molar-refractivity contribution in [3.8, 4) is 5.75 Å². The van der Waals surface area contributed by atoms with Crippen LogP contribution in [0.2, 0.25) is 0 Å². The molecule has 2 rings (SSSR count). The van der Waals surface area contributed by atoms with Gasteiger partial charge in [-0.1, -0.05) is 31.9 Å². The van der Waals surface area contributed by atoms with Gasteiger partial charge >= 0.3 is 0 Å². The normalized spacial score (nSPS) is 21.5. The number of nitrogens with one attached hydrogen (secondary N) is 3. The van der Waals surface area contributed by atoms with E-state index in [2.05, 4.69) is 23.1 Å². The van der Waals surface area contributed by atoms with Crippen LogP contribution < -0.4 is 20.9 Å². The van der Waals surface area contributed by atoms with E-state index < -0.39 is 17.8 Å². The van der Waals surface area contributed by atoms with Gasteiger partial charge in [-0.05, 0) is 50.0 Å². The number of benzene rings is 1. The highest BCUT2D eigenvalue weighted by Crippen LogP contribution is 2.23. The second-order valence-corrected chi connectivity index (χ2v) is 6.55. The van der Waals surface area contributed by atoms with Crippen LogP contribution in [0, 0.1) is 11.7 Å². The number of carbonyl (C=O) groups excluding carboxylic acids is 1. The van der Waals surface area contributed by atoms with Gasteiger partial charge in [0, 0.05) is 6.04 Å². The molecule has 0 aromatic heterocycles.